The Morgan fingerprint density at radius 2 is 1.87 bits per heavy atom. The Balaban J connectivity index is 1.83. The Hall–Kier alpha value is -2.05. The van der Waals surface area contributed by atoms with E-state index in [1.807, 2.05) is 42.5 Å². The first-order valence-electron chi connectivity index (χ1n) is 7.18. The van der Waals surface area contributed by atoms with E-state index in [4.69, 9.17) is 9.47 Å². The number of carbonyl (C=O) groups is 1. The highest BCUT2D eigenvalue weighted by Crippen LogP contribution is 2.18. The first-order valence-corrected chi connectivity index (χ1v) is 7.98. The van der Waals surface area contributed by atoms with Crippen LogP contribution in [-0.2, 0) is 9.53 Å². The summed E-state index contributed by atoms with van der Waals surface area (Å²) in [5, 5.41) is 5.91. The number of amides is 1. The van der Waals surface area contributed by atoms with E-state index in [2.05, 4.69) is 26.6 Å². The molecule has 0 heterocycles. The fraction of sp³-hybridized carbons (Fsp3) is 0.235. The maximum absolute atomic E-state index is 12.0. The highest BCUT2D eigenvalue weighted by Gasteiger charge is 2.04. The molecule has 0 spiro atoms. The molecule has 0 radical (unpaired) electrons. The molecule has 0 aliphatic heterocycles. The quantitative estimate of drug-likeness (QED) is 0.689. The van der Waals surface area contributed by atoms with Crippen molar-refractivity contribution in [3.63, 3.8) is 0 Å². The summed E-state index contributed by atoms with van der Waals surface area (Å²) in [6, 6.07) is 14.9. The van der Waals surface area contributed by atoms with E-state index in [9.17, 15) is 4.79 Å². The number of halogens is 1. The molecule has 0 aliphatic carbocycles. The molecule has 2 N–H and O–H groups in total. The number of ether oxygens (including phenoxy) is 2. The van der Waals surface area contributed by atoms with E-state index in [-0.39, 0.29) is 12.5 Å². The van der Waals surface area contributed by atoms with Crippen LogP contribution >= 0.6 is 15.9 Å². The first kappa shape index (κ1) is 17.3. The van der Waals surface area contributed by atoms with Crippen molar-refractivity contribution in [2.45, 2.75) is 0 Å². The lowest BCUT2D eigenvalue weighted by atomic mass is 10.3. The van der Waals surface area contributed by atoms with Crippen molar-refractivity contribution >= 4 is 33.2 Å². The Kier molecular flexibility index (Phi) is 6.90. The summed E-state index contributed by atoms with van der Waals surface area (Å²) in [4.78, 5) is 12.0. The minimum absolute atomic E-state index is 0.126. The van der Waals surface area contributed by atoms with Crippen LogP contribution in [0, 0.1) is 0 Å². The van der Waals surface area contributed by atoms with Crippen LogP contribution in [0.2, 0.25) is 0 Å². The zero-order valence-corrected chi connectivity index (χ0v) is 14.4. The Bertz CT molecular complexity index is 649. The van der Waals surface area contributed by atoms with Gasteiger partial charge in [0, 0.05) is 29.0 Å². The van der Waals surface area contributed by atoms with Gasteiger partial charge in [0.1, 0.15) is 12.4 Å². The van der Waals surface area contributed by atoms with Gasteiger partial charge >= 0.3 is 0 Å². The maximum Gasteiger partial charge on any atom is 0.243 e. The molecular formula is C17H19BrN2O3. The fourth-order valence-corrected chi connectivity index (χ4v) is 2.29. The number of methoxy groups -OCH3 is 1. The lowest BCUT2D eigenvalue weighted by Gasteiger charge is -2.10. The van der Waals surface area contributed by atoms with Crippen molar-refractivity contribution in [2.75, 3.05) is 37.5 Å². The van der Waals surface area contributed by atoms with Crippen LogP contribution in [0.1, 0.15) is 0 Å². The number of nitrogens with one attached hydrogen (secondary N) is 2. The third-order valence-corrected chi connectivity index (χ3v) is 3.44. The van der Waals surface area contributed by atoms with Gasteiger partial charge in [-0.1, -0.05) is 28.1 Å². The van der Waals surface area contributed by atoms with Crippen molar-refractivity contribution in [1.29, 1.82) is 0 Å². The molecular weight excluding hydrogens is 360 g/mol. The van der Waals surface area contributed by atoms with Crippen molar-refractivity contribution in [2.24, 2.45) is 0 Å². The van der Waals surface area contributed by atoms with Crippen molar-refractivity contribution in [3.8, 4) is 5.75 Å². The van der Waals surface area contributed by atoms with Gasteiger partial charge in [0.2, 0.25) is 5.91 Å². The van der Waals surface area contributed by atoms with Crippen LogP contribution in [0.5, 0.6) is 5.75 Å². The zero-order chi connectivity index (χ0) is 16.5. The predicted octanol–water partition coefficient (Wildman–Crippen LogP) is 3.52. The predicted molar refractivity (Wildman–Crippen MR) is 95.1 cm³/mol. The molecule has 5 nitrogen and oxygen atoms in total. The Labute approximate surface area is 144 Å². The molecule has 1 amide bonds. The molecule has 0 unspecified atom stereocenters. The molecule has 0 atom stereocenters. The molecule has 2 aromatic rings. The zero-order valence-electron chi connectivity index (χ0n) is 12.8. The van der Waals surface area contributed by atoms with Crippen LogP contribution in [0.3, 0.4) is 0 Å². The minimum Gasteiger partial charge on any atom is -0.491 e. The summed E-state index contributed by atoms with van der Waals surface area (Å²) >= 11 is 3.39. The van der Waals surface area contributed by atoms with E-state index in [0.717, 1.165) is 10.2 Å². The monoisotopic (exact) mass is 378 g/mol. The smallest absolute Gasteiger partial charge is 0.243 e. The largest absolute Gasteiger partial charge is 0.491 e. The molecule has 0 fully saturated rings. The molecule has 2 aromatic carbocycles. The molecule has 0 aromatic heterocycles. The lowest BCUT2D eigenvalue weighted by molar-refractivity contribution is -0.114. The summed E-state index contributed by atoms with van der Waals surface area (Å²) in [7, 11) is 1.62. The second-order valence-electron chi connectivity index (χ2n) is 4.78. The van der Waals surface area contributed by atoms with Crippen LogP contribution < -0.4 is 15.4 Å². The van der Waals surface area contributed by atoms with Gasteiger partial charge in [-0.15, -0.1) is 0 Å². The average molecular weight is 379 g/mol. The standard InChI is InChI=1S/C17H19BrN2O3/c1-22-8-9-23-16-7-3-6-15(11-16)20-17(21)12-19-14-5-2-4-13(18)10-14/h2-7,10-11,19H,8-9,12H2,1H3,(H,20,21). The van der Waals surface area contributed by atoms with Gasteiger partial charge in [-0.05, 0) is 30.3 Å². The molecule has 0 saturated carbocycles. The Morgan fingerprint density at radius 3 is 2.65 bits per heavy atom. The SMILES string of the molecule is COCCOc1cccc(NC(=O)CNc2cccc(Br)c2)c1. The molecule has 2 rings (SSSR count). The van der Waals surface area contributed by atoms with E-state index in [1.54, 1.807) is 13.2 Å². The summed E-state index contributed by atoms with van der Waals surface area (Å²) in [5.41, 5.74) is 1.58. The summed E-state index contributed by atoms with van der Waals surface area (Å²) in [6.07, 6.45) is 0. The van der Waals surface area contributed by atoms with Crippen LogP contribution in [0.25, 0.3) is 0 Å². The number of hydrogen-bond acceptors (Lipinski definition) is 4. The fourth-order valence-electron chi connectivity index (χ4n) is 1.89. The van der Waals surface area contributed by atoms with Gasteiger partial charge in [0.25, 0.3) is 0 Å². The molecule has 0 saturated heterocycles. The van der Waals surface area contributed by atoms with Gasteiger partial charge in [0.15, 0.2) is 0 Å². The van der Waals surface area contributed by atoms with Gasteiger partial charge < -0.3 is 20.1 Å². The van der Waals surface area contributed by atoms with Crippen molar-refractivity contribution < 1.29 is 14.3 Å². The van der Waals surface area contributed by atoms with Crippen LogP contribution in [0.4, 0.5) is 11.4 Å². The van der Waals surface area contributed by atoms with Crippen molar-refractivity contribution in [1.82, 2.24) is 0 Å². The summed E-state index contributed by atoms with van der Waals surface area (Å²) in [5.74, 6) is 0.568. The highest BCUT2D eigenvalue weighted by atomic mass is 79.9. The van der Waals surface area contributed by atoms with E-state index in [0.29, 0.717) is 24.7 Å². The summed E-state index contributed by atoms with van der Waals surface area (Å²) in [6.45, 7) is 1.18. The summed E-state index contributed by atoms with van der Waals surface area (Å²) < 4.78 is 11.4. The normalized spacial score (nSPS) is 10.2. The van der Waals surface area contributed by atoms with Gasteiger partial charge in [-0.25, -0.2) is 0 Å². The number of benzene rings is 2. The maximum atomic E-state index is 12.0. The Morgan fingerprint density at radius 1 is 1.09 bits per heavy atom. The molecule has 0 bridgehead atoms. The first-order chi connectivity index (χ1) is 11.2. The number of carbonyl (C=O) groups excluding carboxylic acids is 1. The van der Waals surface area contributed by atoms with Crippen molar-refractivity contribution in [3.05, 3.63) is 53.0 Å². The lowest BCUT2D eigenvalue weighted by Crippen LogP contribution is -2.21. The van der Waals surface area contributed by atoms with Gasteiger partial charge in [0.05, 0.1) is 13.2 Å². The van der Waals surface area contributed by atoms with Crippen LogP contribution in [-0.4, -0.2) is 32.8 Å². The number of rotatable bonds is 8. The average Bonchev–Trinajstić information content (AvgIpc) is 2.54. The topological polar surface area (TPSA) is 59.6 Å². The van der Waals surface area contributed by atoms with E-state index < -0.39 is 0 Å². The third kappa shape index (κ3) is 6.30. The number of hydrogen-bond donors (Lipinski definition) is 2. The third-order valence-electron chi connectivity index (χ3n) is 2.95. The van der Waals surface area contributed by atoms with Gasteiger partial charge in [-0.3, -0.25) is 4.79 Å². The second-order valence-corrected chi connectivity index (χ2v) is 5.70. The second kappa shape index (κ2) is 9.17. The molecule has 23 heavy (non-hydrogen) atoms. The minimum atomic E-state index is -0.126. The molecule has 0 aliphatic rings. The van der Waals surface area contributed by atoms with Crippen LogP contribution in [0.15, 0.2) is 53.0 Å². The van der Waals surface area contributed by atoms with E-state index >= 15 is 0 Å². The van der Waals surface area contributed by atoms with Gasteiger partial charge in [-0.2, -0.15) is 0 Å². The highest BCUT2D eigenvalue weighted by molar-refractivity contribution is 9.10. The number of anilines is 2. The van der Waals surface area contributed by atoms with E-state index in [1.165, 1.54) is 0 Å². The molecule has 6 heteroatoms. The molecule has 122 valence electrons.